The molecule has 3 rings (SSSR count). The van der Waals surface area contributed by atoms with Gasteiger partial charge >= 0.3 is 11.9 Å². The Morgan fingerprint density at radius 3 is 2.80 bits per heavy atom. The number of ether oxygens (including phenoxy) is 3. The summed E-state index contributed by atoms with van der Waals surface area (Å²) in [6, 6.07) is 0. The maximum absolute atomic E-state index is 12.1. The third-order valence-electron chi connectivity index (χ3n) is 5.30. The van der Waals surface area contributed by atoms with Gasteiger partial charge in [0.1, 0.15) is 12.2 Å². The molecule has 3 aliphatic rings. The molecule has 2 fully saturated rings. The molecule has 6 heteroatoms. The number of epoxide rings is 1. The molecule has 0 radical (unpaired) electrons. The molecule has 2 heterocycles. The van der Waals surface area contributed by atoms with Gasteiger partial charge in [0.15, 0.2) is 0 Å². The zero-order valence-electron chi connectivity index (χ0n) is 14.8. The monoisotopic (exact) mass is 348 g/mol. The number of carbonyl (C=O) groups is 2. The molecule has 6 unspecified atom stereocenters. The summed E-state index contributed by atoms with van der Waals surface area (Å²) in [6.45, 7) is 12.7. The molecular weight excluding hydrogens is 324 g/mol. The summed E-state index contributed by atoms with van der Waals surface area (Å²) < 4.78 is 16.8. The van der Waals surface area contributed by atoms with Gasteiger partial charge in [-0.1, -0.05) is 13.2 Å². The van der Waals surface area contributed by atoms with Crippen LogP contribution in [0.4, 0.5) is 0 Å². The first-order valence-electron chi connectivity index (χ1n) is 8.43. The van der Waals surface area contributed by atoms with Crippen LogP contribution in [0.1, 0.15) is 33.6 Å². The second-order valence-electron chi connectivity index (χ2n) is 7.43. The van der Waals surface area contributed by atoms with Crippen molar-refractivity contribution in [3.63, 3.8) is 0 Å². The largest absolute Gasteiger partial charge is 0.458 e. The fraction of sp³-hybridized carbons (Fsp3) is 0.579. The molecule has 0 saturated carbocycles. The van der Waals surface area contributed by atoms with Crippen LogP contribution in [-0.4, -0.2) is 47.1 Å². The first-order valence-corrected chi connectivity index (χ1v) is 8.43. The number of esters is 2. The number of hydrogen-bond acceptors (Lipinski definition) is 6. The molecule has 0 aromatic rings. The molecule has 1 aliphatic carbocycles. The molecule has 0 bridgehead atoms. The summed E-state index contributed by atoms with van der Waals surface area (Å²) >= 11 is 0. The molecule has 2 aliphatic heterocycles. The summed E-state index contributed by atoms with van der Waals surface area (Å²) in [6.07, 6.45) is 0.519. The fourth-order valence-corrected chi connectivity index (χ4v) is 3.59. The van der Waals surface area contributed by atoms with Gasteiger partial charge in [-0.3, -0.25) is 0 Å². The molecule has 1 N–H and O–H groups in total. The summed E-state index contributed by atoms with van der Waals surface area (Å²) in [5, 5.41) is 10.3. The minimum Gasteiger partial charge on any atom is -0.458 e. The lowest BCUT2D eigenvalue weighted by Crippen LogP contribution is -2.37. The van der Waals surface area contributed by atoms with Crippen molar-refractivity contribution in [3.8, 4) is 0 Å². The third-order valence-corrected chi connectivity index (χ3v) is 5.30. The minimum absolute atomic E-state index is 0.125. The molecule has 6 atom stereocenters. The van der Waals surface area contributed by atoms with Crippen LogP contribution in [0.5, 0.6) is 0 Å². The van der Waals surface area contributed by atoms with Crippen LogP contribution in [-0.2, 0) is 23.8 Å². The average molecular weight is 348 g/mol. The second-order valence-corrected chi connectivity index (χ2v) is 7.43. The first-order chi connectivity index (χ1) is 11.6. The lowest BCUT2D eigenvalue weighted by molar-refractivity contribution is -0.148. The maximum atomic E-state index is 12.1. The lowest BCUT2D eigenvalue weighted by atomic mass is 9.82. The highest BCUT2D eigenvalue weighted by atomic mass is 16.6. The topological polar surface area (TPSA) is 85.4 Å². The van der Waals surface area contributed by atoms with Crippen molar-refractivity contribution < 1.29 is 28.9 Å². The van der Waals surface area contributed by atoms with E-state index in [0.717, 1.165) is 0 Å². The summed E-state index contributed by atoms with van der Waals surface area (Å²) in [4.78, 5) is 24.2. The predicted octanol–water partition coefficient (Wildman–Crippen LogP) is 1.83. The predicted molar refractivity (Wildman–Crippen MR) is 89.5 cm³/mol. The van der Waals surface area contributed by atoms with Gasteiger partial charge in [0, 0.05) is 24.0 Å². The number of fused-ring (bicyclic) bond motifs is 2. The lowest BCUT2D eigenvalue weighted by Gasteiger charge is -2.29. The van der Waals surface area contributed by atoms with Crippen molar-refractivity contribution in [1.82, 2.24) is 0 Å². The van der Waals surface area contributed by atoms with Crippen molar-refractivity contribution in [3.05, 3.63) is 36.0 Å². The van der Waals surface area contributed by atoms with E-state index < -0.39 is 41.8 Å². The standard InChI is InChI=1S/C19H24O6/c1-9(2)17(21)24-14-8-19(5)15(25-19)7-12(20)10(3)6-13-16(14)11(4)18(22)23-13/h6,12-16,20H,1,4,7-8H2,2-3,5H3. The van der Waals surface area contributed by atoms with Gasteiger partial charge in [-0.25, -0.2) is 9.59 Å². The first kappa shape index (κ1) is 17.9. The van der Waals surface area contributed by atoms with Gasteiger partial charge < -0.3 is 19.3 Å². The highest BCUT2D eigenvalue weighted by molar-refractivity contribution is 5.91. The minimum atomic E-state index is -0.672. The zero-order chi connectivity index (χ0) is 18.5. The van der Waals surface area contributed by atoms with E-state index in [1.165, 1.54) is 0 Å². The van der Waals surface area contributed by atoms with Crippen LogP contribution >= 0.6 is 0 Å². The number of aliphatic hydroxyl groups is 1. The van der Waals surface area contributed by atoms with E-state index >= 15 is 0 Å². The SMILES string of the molecule is C=C(C)C(=O)OC1CC2(C)OC2CC(O)C(C)=CC2OC(=O)C(=C)C21. The van der Waals surface area contributed by atoms with Gasteiger partial charge in [0.25, 0.3) is 0 Å². The van der Waals surface area contributed by atoms with Crippen LogP contribution in [0, 0.1) is 5.92 Å². The Hall–Kier alpha value is -1.92. The van der Waals surface area contributed by atoms with Crippen LogP contribution in [0.25, 0.3) is 0 Å². The molecule has 25 heavy (non-hydrogen) atoms. The van der Waals surface area contributed by atoms with Gasteiger partial charge in [0.2, 0.25) is 0 Å². The van der Waals surface area contributed by atoms with Crippen molar-refractivity contribution in [2.75, 3.05) is 0 Å². The Morgan fingerprint density at radius 1 is 1.48 bits per heavy atom. The van der Waals surface area contributed by atoms with E-state index in [4.69, 9.17) is 14.2 Å². The second kappa shape index (κ2) is 6.11. The molecule has 136 valence electrons. The van der Waals surface area contributed by atoms with Crippen molar-refractivity contribution in [1.29, 1.82) is 0 Å². The smallest absolute Gasteiger partial charge is 0.334 e. The Morgan fingerprint density at radius 2 is 2.16 bits per heavy atom. The van der Waals surface area contributed by atoms with Gasteiger partial charge in [-0.2, -0.15) is 0 Å². The van der Waals surface area contributed by atoms with Crippen LogP contribution in [0.3, 0.4) is 0 Å². The molecule has 0 aromatic carbocycles. The van der Waals surface area contributed by atoms with Gasteiger partial charge in [-0.05, 0) is 32.4 Å². The number of carbonyl (C=O) groups excluding carboxylic acids is 2. The zero-order valence-corrected chi connectivity index (χ0v) is 14.8. The van der Waals surface area contributed by atoms with E-state index in [1.807, 2.05) is 6.92 Å². The van der Waals surface area contributed by atoms with E-state index in [0.29, 0.717) is 18.4 Å². The van der Waals surface area contributed by atoms with E-state index in [2.05, 4.69) is 13.2 Å². The van der Waals surface area contributed by atoms with Crippen LogP contribution < -0.4 is 0 Å². The number of hydrogen-bond donors (Lipinski definition) is 1. The van der Waals surface area contributed by atoms with E-state index in [1.54, 1.807) is 19.9 Å². The number of rotatable bonds is 2. The summed E-state index contributed by atoms with van der Waals surface area (Å²) in [7, 11) is 0. The van der Waals surface area contributed by atoms with Gasteiger partial charge in [-0.15, -0.1) is 0 Å². The van der Waals surface area contributed by atoms with Crippen LogP contribution in [0.15, 0.2) is 36.0 Å². The van der Waals surface area contributed by atoms with Crippen molar-refractivity contribution in [2.45, 2.75) is 63.6 Å². The summed E-state index contributed by atoms with van der Waals surface area (Å²) in [5.74, 6) is -1.55. The Kier molecular flexibility index (Phi) is 4.37. The molecule has 6 nitrogen and oxygen atoms in total. The van der Waals surface area contributed by atoms with Crippen LogP contribution in [0.2, 0.25) is 0 Å². The Bertz CT molecular complexity index is 677. The molecule has 2 saturated heterocycles. The number of aliphatic hydroxyl groups excluding tert-OH is 1. The molecule has 0 aromatic heterocycles. The Balaban J connectivity index is 1.98. The molecular formula is C19H24O6. The normalized spacial score (nSPS) is 40.3. The van der Waals surface area contributed by atoms with E-state index in [9.17, 15) is 14.7 Å². The average Bonchev–Trinajstić information content (AvgIpc) is 3.04. The molecule has 0 spiro atoms. The molecule has 0 amide bonds. The quantitative estimate of drug-likeness (QED) is 0.355. The third kappa shape index (κ3) is 3.28. The summed E-state index contributed by atoms with van der Waals surface area (Å²) in [5.41, 5.74) is 0.728. The van der Waals surface area contributed by atoms with Crippen molar-refractivity contribution in [2.24, 2.45) is 5.92 Å². The maximum Gasteiger partial charge on any atom is 0.334 e. The van der Waals surface area contributed by atoms with Gasteiger partial charge in [0.05, 0.1) is 23.7 Å². The highest BCUT2D eigenvalue weighted by Gasteiger charge is 2.57. The Labute approximate surface area is 147 Å². The van der Waals surface area contributed by atoms with Crippen molar-refractivity contribution >= 4 is 11.9 Å². The highest BCUT2D eigenvalue weighted by Crippen LogP contribution is 2.47. The fourth-order valence-electron chi connectivity index (χ4n) is 3.59. The van der Waals surface area contributed by atoms with E-state index in [-0.39, 0.29) is 17.3 Å².